The van der Waals surface area contributed by atoms with Gasteiger partial charge in [-0.3, -0.25) is 16.3 Å². The lowest BCUT2D eigenvalue weighted by atomic mass is 9.80. The van der Waals surface area contributed by atoms with Crippen LogP contribution < -0.4 is 11.3 Å². The SMILES string of the molecule is NNC(c1ccc(Cl)cn1)C1CCOC2(CCOC2)C1. The molecule has 0 saturated carbocycles. The van der Waals surface area contributed by atoms with Crippen molar-refractivity contribution in [2.24, 2.45) is 11.8 Å². The smallest absolute Gasteiger partial charge is 0.0940 e. The van der Waals surface area contributed by atoms with E-state index in [1.807, 2.05) is 12.1 Å². The highest BCUT2D eigenvalue weighted by molar-refractivity contribution is 6.30. The molecule has 1 spiro atoms. The predicted molar refractivity (Wildman–Crippen MR) is 76.2 cm³/mol. The van der Waals surface area contributed by atoms with Gasteiger partial charge in [0.1, 0.15) is 0 Å². The maximum absolute atomic E-state index is 5.97. The molecule has 3 rings (SSSR count). The molecule has 3 heterocycles. The molecule has 3 N–H and O–H groups in total. The fourth-order valence-electron chi connectivity index (χ4n) is 3.25. The minimum atomic E-state index is -0.121. The van der Waals surface area contributed by atoms with Gasteiger partial charge >= 0.3 is 0 Å². The second kappa shape index (κ2) is 5.95. The molecule has 0 aromatic carbocycles. The average Bonchev–Trinajstić information content (AvgIpc) is 2.90. The average molecular weight is 298 g/mol. The first-order valence-corrected chi connectivity index (χ1v) is 7.39. The molecule has 6 heteroatoms. The summed E-state index contributed by atoms with van der Waals surface area (Å²) in [7, 11) is 0. The van der Waals surface area contributed by atoms with Crippen molar-refractivity contribution in [1.29, 1.82) is 0 Å². The molecule has 2 aliphatic heterocycles. The monoisotopic (exact) mass is 297 g/mol. The van der Waals surface area contributed by atoms with Crippen molar-refractivity contribution in [1.82, 2.24) is 10.4 Å². The van der Waals surface area contributed by atoms with Gasteiger partial charge in [0.15, 0.2) is 0 Å². The number of nitrogens with two attached hydrogens (primary N) is 1. The van der Waals surface area contributed by atoms with Crippen LogP contribution in [0.15, 0.2) is 18.3 Å². The number of aromatic nitrogens is 1. The topological polar surface area (TPSA) is 69.4 Å². The highest BCUT2D eigenvalue weighted by atomic mass is 35.5. The van der Waals surface area contributed by atoms with Crippen LogP contribution in [0.5, 0.6) is 0 Å². The number of hydrogen-bond acceptors (Lipinski definition) is 5. The third-order valence-electron chi connectivity index (χ3n) is 4.32. The fourth-order valence-corrected chi connectivity index (χ4v) is 3.36. The van der Waals surface area contributed by atoms with Crippen LogP contribution in [-0.4, -0.2) is 30.4 Å². The van der Waals surface area contributed by atoms with Crippen molar-refractivity contribution in [2.75, 3.05) is 19.8 Å². The molecule has 2 aliphatic rings. The quantitative estimate of drug-likeness (QED) is 0.658. The third-order valence-corrected chi connectivity index (χ3v) is 4.54. The van der Waals surface area contributed by atoms with E-state index < -0.39 is 0 Å². The van der Waals surface area contributed by atoms with Gasteiger partial charge in [-0.15, -0.1) is 0 Å². The highest BCUT2D eigenvalue weighted by Gasteiger charge is 2.43. The lowest BCUT2D eigenvalue weighted by molar-refractivity contribution is -0.103. The summed E-state index contributed by atoms with van der Waals surface area (Å²) < 4.78 is 11.5. The van der Waals surface area contributed by atoms with E-state index in [1.165, 1.54) is 0 Å². The Hall–Kier alpha value is -0.720. The summed E-state index contributed by atoms with van der Waals surface area (Å²) in [5, 5.41) is 0.636. The first-order chi connectivity index (χ1) is 9.72. The number of hydrogen-bond donors (Lipinski definition) is 2. The number of nitrogens with one attached hydrogen (secondary N) is 1. The minimum absolute atomic E-state index is 0.0219. The Bertz CT molecular complexity index is 448. The van der Waals surface area contributed by atoms with Gasteiger partial charge in [0.2, 0.25) is 0 Å². The van der Waals surface area contributed by atoms with Gasteiger partial charge < -0.3 is 9.47 Å². The second-order valence-electron chi connectivity index (χ2n) is 5.63. The van der Waals surface area contributed by atoms with Crippen LogP contribution in [0, 0.1) is 5.92 Å². The van der Waals surface area contributed by atoms with Crippen molar-refractivity contribution in [3.8, 4) is 0 Å². The second-order valence-corrected chi connectivity index (χ2v) is 6.07. The molecule has 110 valence electrons. The summed E-state index contributed by atoms with van der Waals surface area (Å²) in [6, 6.07) is 3.80. The van der Waals surface area contributed by atoms with Gasteiger partial charge in [-0.25, -0.2) is 0 Å². The third kappa shape index (κ3) is 2.82. The van der Waals surface area contributed by atoms with Crippen LogP contribution in [-0.2, 0) is 9.47 Å². The largest absolute Gasteiger partial charge is 0.378 e. The fraction of sp³-hybridized carbons (Fsp3) is 0.643. The Morgan fingerprint density at radius 2 is 2.35 bits per heavy atom. The Kier molecular flexibility index (Phi) is 4.23. The summed E-state index contributed by atoms with van der Waals surface area (Å²) in [6.45, 7) is 2.22. The van der Waals surface area contributed by atoms with Gasteiger partial charge in [0.05, 0.1) is 29.0 Å². The Balaban J connectivity index is 1.76. The maximum atomic E-state index is 5.97. The molecular formula is C14H20ClN3O2. The van der Waals surface area contributed by atoms with E-state index in [0.717, 1.165) is 38.2 Å². The zero-order valence-electron chi connectivity index (χ0n) is 11.3. The number of ether oxygens (including phenoxy) is 2. The molecule has 0 radical (unpaired) electrons. The summed E-state index contributed by atoms with van der Waals surface area (Å²) >= 11 is 5.89. The van der Waals surface area contributed by atoms with E-state index in [4.69, 9.17) is 26.9 Å². The molecule has 1 aromatic rings. The predicted octanol–water partition coefficient (Wildman–Crippen LogP) is 1.83. The number of nitrogens with zero attached hydrogens (tertiary/aromatic N) is 1. The molecule has 3 atom stereocenters. The summed E-state index contributed by atoms with van der Waals surface area (Å²) in [6.07, 6.45) is 4.55. The van der Waals surface area contributed by atoms with Gasteiger partial charge in [-0.05, 0) is 30.9 Å². The van der Waals surface area contributed by atoms with Crippen molar-refractivity contribution in [2.45, 2.75) is 30.9 Å². The molecular weight excluding hydrogens is 278 g/mol. The van der Waals surface area contributed by atoms with E-state index in [9.17, 15) is 0 Å². The summed E-state index contributed by atoms with van der Waals surface area (Å²) in [5.74, 6) is 6.16. The van der Waals surface area contributed by atoms with Crippen LogP contribution >= 0.6 is 11.6 Å². The Morgan fingerprint density at radius 3 is 3.00 bits per heavy atom. The molecule has 0 aliphatic carbocycles. The molecule has 5 nitrogen and oxygen atoms in total. The maximum Gasteiger partial charge on any atom is 0.0940 e. The zero-order chi connectivity index (χ0) is 14.0. The van der Waals surface area contributed by atoms with E-state index in [1.54, 1.807) is 6.20 Å². The lowest BCUT2D eigenvalue weighted by Gasteiger charge is -2.40. The van der Waals surface area contributed by atoms with Crippen molar-refractivity contribution in [3.05, 3.63) is 29.0 Å². The molecule has 3 unspecified atom stereocenters. The van der Waals surface area contributed by atoms with Gasteiger partial charge in [0, 0.05) is 25.8 Å². The molecule has 2 fully saturated rings. The first kappa shape index (κ1) is 14.2. The van der Waals surface area contributed by atoms with Gasteiger partial charge in [0.25, 0.3) is 0 Å². The van der Waals surface area contributed by atoms with Crippen LogP contribution in [0.2, 0.25) is 5.02 Å². The van der Waals surface area contributed by atoms with Crippen LogP contribution in [0.3, 0.4) is 0 Å². The van der Waals surface area contributed by atoms with E-state index in [2.05, 4.69) is 10.4 Å². The van der Waals surface area contributed by atoms with Crippen LogP contribution in [0.1, 0.15) is 31.0 Å². The Morgan fingerprint density at radius 1 is 1.45 bits per heavy atom. The molecule has 1 aromatic heterocycles. The van der Waals surface area contributed by atoms with Gasteiger partial charge in [-0.1, -0.05) is 11.6 Å². The number of hydrazine groups is 1. The minimum Gasteiger partial charge on any atom is -0.378 e. The number of halogens is 1. The molecule has 0 bridgehead atoms. The van der Waals surface area contributed by atoms with E-state index in [0.29, 0.717) is 17.5 Å². The zero-order valence-corrected chi connectivity index (χ0v) is 12.1. The lowest BCUT2D eigenvalue weighted by Crippen LogP contribution is -2.45. The van der Waals surface area contributed by atoms with Crippen LogP contribution in [0.25, 0.3) is 0 Å². The van der Waals surface area contributed by atoms with Crippen molar-refractivity contribution < 1.29 is 9.47 Å². The van der Waals surface area contributed by atoms with Crippen LogP contribution in [0.4, 0.5) is 0 Å². The molecule has 20 heavy (non-hydrogen) atoms. The number of rotatable bonds is 3. The number of pyridine rings is 1. The molecule has 2 saturated heterocycles. The van der Waals surface area contributed by atoms with Crippen molar-refractivity contribution in [3.63, 3.8) is 0 Å². The molecule has 0 amide bonds. The Labute approximate surface area is 123 Å². The highest BCUT2D eigenvalue weighted by Crippen LogP contribution is 2.40. The standard InChI is InChI=1S/C14H20ClN3O2/c15-11-1-2-12(17-8-11)13(18-16)10-3-5-20-14(7-10)4-6-19-9-14/h1-2,8,10,13,18H,3-7,9,16H2. The normalized spacial score (nSPS) is 31.6. The van der Waals surface area contributed by atoms with E-state index in [-0.39, 0.29) is 11.6 Å². The summed E-state index contributed by atoms with van der Waals surface area (Å²) in [4.78, 5) is 4.39. The first-order valence-electron chi connectivity index (χ1n) is 7.02. The summed E-state index contributed by atoms with van der Waals surface area (Å²) in [5.41, 5.74) is 3.72. The van der Waals surface area contributed by atoms with E-state index >= 15 is 0 Å². The van der Waals surface area contributed by atoms with Gasteiger partial charge in [-0.2, -0.15) is 0 Å². The van der Waals surface area contributed by atoms with Crippen molar-refractivity contribution >= 4 is 11.6 Å².